The Morgan fingerprint density at radius 2 is 1.65 bits per heavy atom. The van der Waals surface area contributed by atoms with Crippen LogP contribution in [-0.4, -0.2) is 27.0 Å². The summed E-state index contributed by atoms with van der Waals surface area (Å²) in [6.45, 7) is 1.41. The number of benzene rings is 2. The maximum absolute atomic E-state index is 10.8. The molecule has 23 heavy (non-hydrogen) atoms. The van der Waals surface area contributed by atoms with Crippen LogP contribution in [0.15, 0.2) is 59.7 Å². The third-order valence-corrected chi connectivity index (χ3v) is 3.37. The lowest BCUT2D eigenvalue weighted by molar-refractivity contribution is -0.129. The highest BCUT2D eigenvalue weighted by molar-refractivity contribution is 6.34. The van der Waals surface area contributed by atoms with Crippen LogP contribution in [0, 0.1) is 0 Å². The van der Waals surface area contributed by atoms with Crippen molar-refractivity contribution in [2.24, 2.45) is 5.10 Å². The largest absolute Gasteiger partial charge is 0.477 e. The summed E-state index contributed by atoms with van der Waals surface area (Å²) >= 11 is 0. The zero-order valence-corrected chi connectivity index (χ0v) is 12.4. The quantitative estimate of drug-likeness (QED) is 0.571. The van der Waals surface area contributed by atoms with E-state index in [1.54, 1.807) is 0 Å². The van der Waals surface area contributed by atoms with Crippen molar-refractivity contribution in [2.45, 2.75) is 6.92 Å². The summed E-state index contributed by atoms with van der Waals surface area (Å²) in [7, 11) is 0. The summed E-state index contributed by atoms with van der Waals surface area (Å²) in [5, 5.41) is 22.8. The fourth-order valence-corrected chi connectivity index (χ4v) is 2.18. The van der Waals surface area contributed by atoms with Gasteiger partial charge in [-0.05, 0) is 6.92 Å². The Hall–Kier alpha value is -3.28. The molecular formula is C17H14N4O2. The van der Waals surface area contributed by atoms with Crippen LogP contribution in [0.4, 0.5) is 5.82 Å². The molecule has 0 bridgehead atoms. The van der Waals surface area contributed by atoms with Crippen LogP contribution < -0.4 is 5.43 Å². The molecule has 0 unspecified atom stereocenters. The minimum Gasteiger partial charge on any atom is -0.477 e. The molecule has 1 heterocycles. The smallest absolute Gasteiger partial charge is 0.351 e. The van der Waals surface area contributed by atoms with Crippen LogP contribution in [0.5, 0.6) is 0 Å². The highest BCUT2D eigenvalue weighted by Gasteiger charge is 2.10. The molecule has 2 N–H and O–H groups in total. The topological polar surface area (TPSA) is 87.5 Å². The predicted octanol–water partition coefficient (Wildman–Crippen LogP) is 3.17. The molecule has 2 aromatic carbocycles. The fraction of sp³-hybridized carbons (Fsp3) is 0.0588. The second-order valence-corrected chi connectivity index (χ2v) is 4.92. The Balaban J connectivity index is 2.10. The van der Waals surface area contributed by atoms with Crippen molar-refractivity contribution in [2.75, 3.05) is 5.43 Å². The molecule has 3 rings (SSSR count). The molecule has 0 amide bonds. The van der Waals surface area contributed by atoms with Gasteiger partial charge in [-0.15, -0.1) is 10.2 Å². The Bertz CT molecular complexity index is 891. The van der Waals surface area contributed by atoms with Gasteiger partial charge in [0.15, 0.2) is 5.82 Å². The van der Waals surface area contributed by atoms with E-state index in [0.29, 0.717) is 5.82 Å². The molecule has 0 aliphatic heterocycles. The first-order valence-corrected chi connectivity index (χ1v) is 7.01. The monoisotopic (exact) mass is 306 g/mol. The number of nitrogens with zero attached hydrogens (tertiary/aromatic N) is 3. The number of nitrogens with one attached hydrogen (secondary N) is 1. The lowest BCUT2D eigenvalue weighted by Gasteiger charge is -2.09. The fourth-order valence-electron chi connectivity index (χ4n) is 2.18. The first-order chi connectivity index (χ1) is 11.2. The SMILES string of the molecule is C/C(=N\Nc1nnc(-c2ccccc2)c2ccccc12)C(=O)O. The number of fused-ring (bicyclic) bond motifs is 1. The third-order valence-electron chi connectivity index (χ3n) is 3.37. The van der Waals surface area contributed by atoms with E-state index < -0.39 is 5.97 Å². The summed E-state index contributed by atoms with van der Waals surface area (Å²) in [5.74, 6) is -0.670. The van der Waals surface area contributed by atoms with Gasteiger partial charge >= 0.3 is 5.97 Å². The van der Waals surface area contributed by atoms with Gasteiger partial charge < -0.3 is 5.11 Å². The van der Waals surface area contributed by atoms with E-state index in [2.05, 4.69) is 20.7 Å². The molecule has 3 aromatic rings. The summed E-state index contributed by atoms with van der Waals surface area (Å²) < 4.78 is 0. The van der Waals surface area contributed by atoms with Crippen molar-refractivity contribution in [3.05, 3.63) is 54.6 Å². The number of carboxylic acid groups (broad SMARTS) is 1. The Morgan fingerprint density at radius 3 is 2.35 bits per heavy atom. The van der Waals surface area contributed by atoms with Gasteiger partial charge in [-0.25, -0.2) is 4.79 Å². The van der Waals surface area contributed by atoms with E-state index in [-0.39, 0.29) is 5.71 Å². The van der Waals surface area contributed by atoms with Crippen molar-refractivity contribution >= 4 is 28.3 Å². The van der Waals surface area contributed by atoms with Gasteiger partial charge in [0.2, 0.25) is 0 Å². The van der Waals surface area contributed by atoms with E-state index in [1.165, 1.54) is 6.92 Å². The van der Waals surface area contributed by atoms with Gasteiger partial charge in [0.05, 0.1) is 0 Å². The van der Waals surface area contributed by atoms with Crippen LogP contribution in [0.1, 0.15) is 6.92 Å². The molecule has 0 atom stereocenters. The number of aliphatic carboxylic acids is 1. The first-order valence-electron chi connectivity index (χ1n) is 7.01. The van der Waals surface area contributed by atoms with Crippen molar-refractivity contribution in [3.8, 4) is 11.3 Å². The molecule has 6 nitrogen and oxygen atoms in total. The van der Waals surface area contributed by atoms with Gasteiger partial charge in [-0.2, -0.15) is 5.10 Å². The third kappa shape index (κ3) is 3.01. The second-order valence-electron chi connectivity index (χ2n) is 4.92. The average molecular weight is 306 g/mol. The van der Waals surface area contributed by atoms with Crippen molar-refractivity contribution < 1.29 is 9.90 Å². The Labute approximate surface area is 132 Å². The second kappa shape index (κ2) is 6.23. The number of carboxylic acids is 1. The summed E-state index contributed by atoms with van der Waals surface area (Å²) in [6, 6.07) is 17.4. The summed E-state index contributed by atoms with van der Waals surface area (Å²) in [4.78, 5) is 10.8. The molecular weight excluding hydrogens is 292 g/mol. The molecule has 6 heteroatoms. The van der Waals surface area contributed by atoms with E-state index in [0.717, 1.165) is 22.0 Å². The van der Waals surface area contributed by atoms with E-state index in [1.807, 2.05) is 54.6 Å². The summed E-state index contributed by atoms with van der Waals surface area (Å²) in [5.41, 5.74) is 4.36. The van der Waals surface area contributed by atoms with Crippen molar-refractivity contribution in [3.63, 3.8) is 0 Å². The number of rotatable bonds is 4. The number of hydrogen-bond acceptors (Lipinski definition) is 5. The highest BCUT2D eigenvalue weighted by Crippen LogP contribution is 2.29. The molecule has 1 aromatic heterocycles. The van der Waals surface area contributed by atoms with Crippen LogP contribution in [0.3, 0.4) is 0 Å². The minimum atomic E-state index is -1.09. The van der Waals surface area contributed by atoms with Gasteiger partial charge in [0.1, 0.15) is 11.4 Å². The van der Waals surface area contributed by atoms with E-state index >= 15 is 0 Å². The number of anilines is 1. The number of aromatic nitrogens is 2. The van der Waals surface area contributed by atoms with Gasteiger partial charge in [0.25, 0.3) is 0 Å². The minimum absolute atomic E-state index is 0.0528. The van der Waals surface area contributed by atoms with Crippen LogP contribution in [0.2, 0.25) is 0 Å². The van der Waals surface area contributed by atoms with Gasteiger partial charge in [-0.3, -0.25) is 5.43 Å². The predicted molar refractivity (Wildman–Crippen MR) is 89.3 cm³/mol. The first kappa shape index (κ1) is 14.6. The standard InChI is InChI=1S/C17H14N4O2/c1-11(17(22)23)18-20-16-14-10-6-5-9-13(14)15(19-21-16)12-7-3-2-4-8-12/h2-10H,1H3,(H,20,21)(H,22,23)/b18-11+. The van der Waals surface area contributed by atoms with E-state index in [4.69, 9.17) is 5.11 Å². The molecule has 0 saturated heterocycles. The number of carbonyl (C=O) groups is 1. The maximum atomic E-state index is 10.8. The molecule has 0 aliphatic carbocycles. The highest BCUT2D eigenvalue weighted by atomic mass is 16.4. The molecule has 0 radical (unpaired) electrons. The van der Waals surface area contributed by atoms with E-state index in [9.17, 15) is 4.79 Å². The average Bonchev–Trinajstić information content (AvgIpc) is 2.60. The van der Waals surface area contributed by atoms with Crippen LogP contribution >= 0.6 is 0 Å². The zero-order chi connectivity index (χ0) is 16.2. The van der Waals surface area contributed by atoms with Crippen molar-refractivity contribution in [1.29, 1.82) is 0 Å². The Kier molecular flexibility index (Phi) is 3.97. The normalized spacial score (nSPS) is 11.4. The zero-order valence-electron chi connectivity index (χ0n) is 12.4. The van der Waals surface area contributed by atoms with Gasteiger partial charge in [-0.1, -0.05) is 54.6 Å². The molecule has 0 aliphatic rings. The van der Waals surface area contributed by atoms with Crippen LogP contribution in [-0.2, 0) is 4.79 Å². The number of hydrogen-bond donors (Lipinski definition) is 2. The summed E-state index contributed by atoms with van der Waals surface area (Å²) in [6.07, 6.45) is 0. The maximum Gasteiger partial charge on any atom is 0.351 e. The molecule has 0 fully saturated rings. The van der Waals surface area contributed by atoms with Crippen molar-refractivity contribution in [1.82, 2.24) is 10.2 Å². The number of hydrazone groups is 1. The Morgan fingerprint density at radius 1 is 1.00 bits per heavy atom. The lowest BCUT2D eigenvalue weighted by atomic mass is 10.0. The lowest BCUT2D eigenvalue weighted by Crippen LogP contribution is -2.11. The molecule has 0 spiro atoms. The molecule has 0 saturated carbocycles. The van der Waals surface area contributed by atoms with Gasteiger partial charge in [0, 0.05) is 16.3 Å². The molecule has 114 valence electrons. The van der Waals surface area contributed by atoms with Crippen LogP contribution in [0.25, 0.3) is 22.0 Å².